The summed E-state index contributed by atoms with van der Waals surface area (Å²) in [4.78, 5) is 19.1. The van der Waals surface area contributed by atoms with E-state index >= 15 is 0 Å². The first-order valence-electron chi connectivity index (χ1n) is 9.51. The lowest BCUT2D eigenvalue weighted by Gasteiger charge is -2.26. The number of hydrogen-bond donors (Lipinski definition) is 2. The van der Waals surface area contributed by atoms with E-state index in [9.17, 15) is 4.79 Å². The zero-order valence-corrected chi connectivity index (χ0v) is 17.2. The van der Waals surface area contributed by atoms with Gasteiger partial charge in [0.2, 0.25) is 5.91 Å². The number of hydrogen-bond acceptors (Lipinski definition) is 5. The molecule has 0 aromatic heterocycles. The van der Waals surface area contributed by atoms with Gasteiger partial charge in [0.1, 0.15) is 0 Å². The number of rotatable bonds is 9. The van der Waals surface area contributed by atoms with Gasteiger partial charge in [-0.3, -0.25) is 9.69 Å². The molecule has 0 aromatic rings. The normalized spacial score (nSPS) is 25.4. The molecule has 2 aliphatic rings. The Morgan fingerprint density at radius 1 is 1.32 bits per heavy atom. The molecule has 6 nitrogen and oxygen atoms in total. The van der Waals surface area contributed by atoms with Crippen molar-refractivity contribution < 1.29 is 17.2 Å². The van der Waals surface area contributed by atoms with E-state index in [-0.39, 0.29) is 14.7 Å². The van der Waals surface area contributed by atoms with E-state index in [4.69, 9.17) is 9.57 Å². The topological polar surface area (TPSA) is 62.8 Å². The number of carbonyl (C=O) groups is 1. The van der Waals surface area contributed by atoms with Crippen molar-refractivity contribution in [2.24, 2.45) is 23.2 Å². The molecule has 2 rings (SSSR count). The number of fused-ring (bicyclic) bond motifs is 1. The third kappa shape index (κ3) is 9.54. The fraction of sp³-hybridized carbons (Fsp3) is 0.947. The Labute approximate surface area is 156 Å². The molecule has 1 heterocycles. The lowest BCUT2D eigenvalue weighted by molar-refractivity contribution is -0.124. The number of nitrogens with zero attached hydrogens (tertiary/aromatic N) is 1. The van der Waals surface area contributed by atoms with Gasteiger partial charge in [-0.25, -0.2) is 5.48 Å². The first-order chi connectivity index (χ1) is 11.6. The number of amides is 1. The summed E-state index contributed by atoms with van der Waals surface area (Å²) in [5, 5.41) is 2.85. The highest BCUT2D eigenvalue weighted by Gasteiger charge is 2.52. The van der Waals surface area contributed by atoms with Gasteiger partial charge in [-0.2, -0.15) is 0 Å². The van der Waals surface area contributed by atoms with Gasteiger partial charge < -0.3 is 14.9 Å². The number of nitrogens with one attached hydrogen (secondary N) is 2. The van der Waals surface area contributed by atoms with Crippen molar-refractivity contribution in [1.82, 2.24) is 15.7 Å². The van der Waals surface area contributed by atoms with Crippen molar-refractivity contribution in [3.8, 4) is 0 Å². The first kappa shape index (κ1) is 22.4. The van der Waals surface area contributed by atoms with Gasteiger partial charge in [0.05, 0.1) is 19.9 Å². The molecule has 3 atom stereocenters. The van der Waals surface area contributed by atoms with Crippen LogP contribution in [-0.2, 0) is 14.4 Å². The van der Waals surface area contributed by atoms with E-state index < -0.39 is 0 Å². The zero-order valence-electron chi connectivity index (χ0n) is 17.2. The minimum atomic E-state index is 0. The molecule has 2 unspecified atom stereocenters. The smallest absolute Gasteiger partial charge is 0.222 e. The predicted molar refractivity (Wildman–Crippen MR) is 105 cm³/mol. The van der Waals surface area contributed by atoms with Gasteiger partial charge >= 0.3 is 0 Å². The van der Waals surface area contributed by atoms with Crippen LogP contribution in [0.1, 0.15) is 50.8 Å². The minimum absolute atomic E-state index is 0. The third-order valence-corrected chi connectivity index (χ3v) is 4.14. The van der Waals surface area contributed by atoms with E-state index in [0.29, 0.717) is 37.9 Å². The molecule has 1 saturated carbocycles. The Hall–Kier alpha value is -0.690. The van der Waals surface area contributed by atoms with Gasteiger partial charge in [-0.05, 0) is 23.7 Å². The summed E-state index contributed by atoms with van der Waals surface area (Å²) in [5.74, 6) is 1.73. The summed E-state index contributed by atoms with van der Waals surface area (Å²) in [6.45, 7) is 16.1. The van der Waals surface area contributed by atoms with Crippen molar-refractivity contribution in [1.29, 1.82) is 0 Å². The summed E-state index contributed by atoms with van der Waals surface area (Å²) < 4.78 is 5.66. The highest BCUT2D eigenvalue weighted by atomic mass is 16.6. The van der Waals surface area contributed by atoms with Crippen molar-refractivity contribution in [2.45, 2.75) is 54.0 Å². The second-order valence-corrected chi connectivity index (χ2v) is 9.00. The third-order valence-electron chi connectivity index (χ3n) is 4.14. The lowest BCUT2D eigenvalue weighted by Crippen LogP contribution is -2.40. The first-order valence-corrected chi connectivity index (χ1v) is 9.51. The van der Waals surface area contributed by atoms with E-state index in [0.717, 1.165) is 18.4 Å². The maximum Gasteiger partial charge on any atom is 0.222 e. The van der Waals surface area contributed by atoms with Crippen LogP contribution in [0.3, 0.4) is 0 Å². The molecule has 6 heteroatoms. The zero-order chi connectivity index (χ0) is 19.0. The predicted octanol–water partition coefficient (Wildman–Crippen LogP) is 2.75. The molecule has 0 bridgehead atoms. The molecule has 2 N–H and O–H groups in total. The van der Waals surface area contributed by atoms with Crippen LogP contribution >= 0.6 is 0 Å². The van der Waals surface area contributed by atoms with Crippen LogP contribution in [0.5, 0.6) is 0 Å². The van der Waals surface area contributed by atoms with Crippen LogP contribution in [0.2, 0.25) is 0 Å². The summed E-state index contributed by atoms with van der Waals surface area (Å²) in [6.07, 6.45) is 1.33. The number of hydroxylamine groups is 1. The summed E-state index contributed by atoms with van der Waals surface area (Å²) in [5.41, 5.74) is 3.24. The van der Waals surface area contributed by atoms with E-state index in [1.54, 1.807) is 7.05 Å². The van der Waals surface area contributed by atoms with Crippen LogP contribution in [0.25, 0.3) is 0 Å². The van der Waals surface area contributed by atoms with Crippen molar-refractivity contribution in [3.05, 3.63) is 0 Å². The Morgan fingerprint density at radius 3 is 2.52 bits per heavy atom. The molecular formula is C19H43N3O3. The molecule has 1 amide bonds. The molecule has 25 heavy (non-hydrogen) atoms. The lowest BCUT2D eigenvalue weighted by atomic mass is 10.0. The van der Waals surface area contributed by atoms with Gasteiger partial charge in [0, 0.05) is 35.0 Å². The quantitative estimate of drug-likeness (QED) is 0.488. The van der Waals surface area contributed by atoms with Gasteiger partial charge in [-0.15, -0.1) is 0 Å². The highest BCUT2D eigenvalue weighted by Crippen LogP contribution is 2.49. The number of likely N-dealkylation sites (tertiary alicyclic amines) is 1. The molecular weight excluding hydrogens is 318 g/mol. The van der Waals surface area contributed by atoms with E-state index in [1.807, 2.05) is 13.8 Å². The maximum atomic E-state index is 11.4. The van der Waals surface area contributed by atoms with Crippen LogP contribution < -0.4 is 10.8 Å². The molecule has 0 aromatic carbocycles. The molecule has 0 spiro atoms. The second kappa shape index (κ2) is 10.5. The SMILES string of the molecule is CC(C)(C)C.CNOC[C@@H]1C2CC2CN1COCCNC(=O)C(C)C.[HH].[HH]. The van der Waals surface area contributed by atoms with Crippen LogP contribution in [-0.4, -0.2) is 56.9 Å². The Balaban J connectivity index is 0. The summed E-state index contributed by atoms with van der Waals surface area (Å²) in [7, 11) is 1.79. The largest absolute Gasteiger partial charge is 0.364 e. The summed E-state index contributed by atoms with van der Waals surface area (Å²) in [6, 6.07) is 0.470. The molecule has 2 fully saturated rings. The standard InChI is InChI=1S/C14H27N3O3.C5H12.2H2/c1-10(2)14(18)16-4-5-19-9-17-7-11-6-12(11)13(17)8-20-15-3;1-5(2,3)4;;/h10-13,15H,4-9H2,1-3H3,(H,16,18);1-4H3;2*1H/t11?,12?,13-;;;/m1.../s1. The Kier molecular flexibility index (Phi) is 9.35. The average Bonchev–Trinajstić information content (AvgIpc) is 3.16. The van der Waals surface area contributed by atoms with Gasteiger partial charge in [0.15, 0.2) is 0 Å². The van der Waals surface area contributed by atoms with Crippen molar-refractivity contribution in [2.75, 3.05) is 40.1 Å². The monoisotopic (exact) mass is 361 g/mol. The van der Waals surface area contributed by atoms with Crippen LogP contribution in [0, 0.1) is 23.2 Å². The van der Waals surface area contributed by atoms with Gasteiger partial charge in [-0.1, -0.05) is 41.5 Å². The molecule has 1 aliphatic heterocycles. The summed E-state index contributed by atoms with van der Waals surface area (Å²) >= 11 is 0. The highest BCUT2D eigenvalue weighted by molar-refractivity contribution is 5.77. The minimum Gasteiger partial charge on any atom is -0.364 e. The molecule has 1 saturated heterocycles. The molecule has 152 valence electrons. The Morgan fingerprint density at radius 2 is 1.96 bits per heavy atom. The fourth-order valence-corrected chi connectivity index (χ4v) is 2.84. The fourth-order valence-electron chi connectivity index (χ4n) is 2.84. The van der Waals surface area contributed by atoms with Gasteiger partial charge in [0.25, 0.3) is 0 Å². The molecule has 0 radical (unpaired) electrons. The number of carbonyl (C=O) groups excluding carboxylic acids is 1. The average molecular weight is 362 g/mol. The maximum absolute atomic E-state index is 11.4. The second-order valence-electron chi connectivity index (χ2n) is 9.00. The Bertz CT molecular complexity index is 400. The number of ether oxygens (including phenoxy) is 1. The number of piperidine rings is 1. The van der Waals surface area contributed by atoms with E-state index in [1.165, 1.54) is 6.42 Å². The molecule has 1 aliphatic carbocycles. The van der Waals surface area contributed by atoms with Crippen molar-refractivity contribution in [3.63, 3.8) is 0 Å². The van der Waals surface area contributed by atoms with Crippen LogP contribution in [0.4, 0.5) is 0 Å². The van der Waals surface area contributed by atoms with E-state index in [2.05, 4.69) is 43.4 Å². The van der Waals surface area contributed by atoms with Crippen LogP contribution in [0.15, 0.2) is 0 Å². The van der Waals surface area contributed by atoms with Crippen molar-refractivity contribution >= 4 is 5.91 Å².